The highest BCUT2D eigenvalue weighted by molar-refractivity contribution is 6.30. The van der Waals surface area contributed by atoms with Crippen molar-refractivity contribution in [1.82, 2.24) is 15.5 Å². The van der Waals surface area contributed by atoms with E-state index in [2.05, 4.69) is 20.4 Å². The smallest absolute Gasteiger partial charge is 0.216 e. The minimum atomic E-state index is 0.0440. The van der Waals surface area contributed by atoms with Gasteiger partial charge in [0.25, 0.3) is 0 Å². The fraction of sp³-hybridized carbons (Fsp3) is 0.643. The van der Waals surface area contributed by atoms with Gasteiger partial charge in [-0.3, -0.25) is 4.79 Å². The molecule has 2 heterocycles. The number of aromatic nitrogens is 2. The molecule has 2 rings (SSSR count). The van der Waals surface area contributed by atoms with Crippen LogP contribution in [0.2, 0.25) is 5.15 Å². The van der Waals surface area contributed by atoms with Gasteiger partial charge in [-0.05, 0) is 43.7 Å². The third-order valence-electron chi connectivity index (χ3n) is 3.99. The standard InChI is InChI=1S/C14H21ClN4O/c1-9-10(2)14(18-17-13(9)15)19-6-4-12(5-7-19)8-16-11(3)20/h12H,4-8H2,1-3H3,(H,16,20). The summed E-state index contributed by atoms with van der Waals surface area (Å²) in [6.45, 7) is 8.23. The van der Waals surface area contributed by atoms with Crippen molar-refractivity contribution in [2.24, 2.45) is 5.92 Å². The molecule has 1 amide bonds. The van der Waals surface area contributed by atoms with Gasteiger partial charge in [0, 0.05) is 26.6 Å². The maximum absolute atomic E-state index is 10.9. The average molecular weight is 297 g/mol. The van der Waals surface area contributed by atoms with Crippen molar-refractivity contribution in [1.29, 1.82) is 0 Å². The number of piperidine rings is 1. The Kier molecular flexibility index (Phi) is 4.81. The lowest BCUT2D eigenvalue weighted by atomic mass is 9.96. The zero-order valence-corrected chi connectivity index (χ0v) is 13.0. The fourth-order valence-corrected chi connectivity index (χ4v) is 2.68. The number of carbonyl (C=O) groups is 1. The summed E-state index contributed by atoms with van der Waals surface area (Å²) in [7, 11) is 0. The first-order valence-corrected chi connectivity index (χ1v) is 7.35. The molecule has 1 N–H and O–H groups in total. The number of nitrogens with zero attached hydrogens (tertiary/aromatic N) is 3. The maximum Gasteiger partial charge on any atom is 0.216 e. The predicted molar refractivity (Wildman–Crippen MR) is 80.1 cm³/mol. The van der Waals surface area contributed by atoms with E-state index in [0.29, 0.717) is 11.1 Å². The average Bonchev–Trinajstić information content (AvgIpc) is 2.43. The molecule has 1 aromatic heterocycles. The van der Waals surface area contributed by atoms with Gasteiger partial charge in [0.05, 0.1) is 0 Å². The van der Waals surface area contributed by atoms with Crippen molar-refractivity contribution in [3.8, 4) is 0 Å². The van der Waals surface area contributed by atoms with E-state index in [0.717, 1.165) is 49.4 Å². The van der Waals surface area contributed by atoms with Crippen molar-refractivity contribution in [2.45, 2.75) is 33.6 Å². The molecule has 20 heavy (non-hydrogen) atoms. The minimum absolute atomic E-state index is 0.0440. The number of carbonyl (C=O) groups excluding carboxylic acids is 1. The quantitative estimate of drug-likeness (QED) is 0.928. The van der Waals surface area contributed by atoms with Gasteiger partial charge in [-0.15, -0.1) is 10.2 Å². The molecule has 0 saturated carbocycles. The number of rotatable bonds is 3. The van der Waals surface area contributed by atoms with E-state index in [1.54, 1.807) is 6.92 Å². The Bertz CT molecular complexity index is 498. The second-order valence-corrected chi connectivity index (χ2v) is 5.79. The molecule has 110 valence electrons. The maximum atomic E-state index is 10.9. The van der Waals surface area contributed by atoms with Crippen LogP contribution in [-0.4, -0.2) is 35.7 Å². The van der Waals surface area contributed by atoms with Crippen molar-refractivity contribution in [3.63, 3.8) is 0 Å². The van der Waals surface area contributed by atoms with Gasteiger partial charge >= 0.3 is 0 Å². The second kappa shape index (κ2) is 6.39. The van der Waals surface area contributed by atoms with E-state index in [1.807, 2.05) is 13.8 Å². The molecule has 0 aromatic carbocycles. The predicted octanol–water partition coefficient (Wildman–Crippen LogP) is 2.10. The number of amides is 1. The van der Waals surface area contributed by atoms with Crippen LogP contribution in [0.5, 0.6) is 0 Å². The molecule has 1 aliphatic rings. The first-order valence-electron chi connectivity index (χ1n) is 6.97. The number of halogens is 1. The summed E-state index contributed by atoms with van der Waals surface area (Å²) in [5.41, 5.74) is 2.10. The van der Waals surface area contributed by atoms with Gasteiger partial charge in [0.2, 0.25) is 5.91 Å². The topological polar surface area (TPSA) is 58.1 Å². The Morgan fingerprint density at radius 2 is 1.95 bits per heavy atom. The summed E-state index contributed by atoms with van der Waals surface area (Å²) in [5.74, 6) is 1.53. The summed E-state index contributed by atoms with van der Waals surface area (Å²) in [4.78, 5) is 13.2. The molecule has 5 nitrogen and oxygen atoms in total. The van der Waals surface area contributed by atoms with Gasteiger partial charge in [-0.2, -0.15) is 0 Å². The molecule has 0 radical (unpaired) electrons. The van der Waals surface area contributed by atoms with Crippen LogP contribution in [0.3, 0.4) is 0 Å². The summed E-state index contributed by atoms with van der Waals surface area (Å²) in [6, 6.07) is 0. The molecule has 0 spiro atoms. The van der Waals surface area contributed by atoms with Crippen LogP contribution in [0.15, 0.2) is 0 Å². The summed E-state index contributed by atoms with van der Waals surface area (Å²) in [6.07, 6.45) is 2.12. The molecule has 0 bridgehead atoms. The van der Waals surface area contributed by atoms with Crippen molar-refractivity contribution in [2.75, 3.05) is 24.5 Å². The molecule has 1 aliphatic heterocycles. The summed E-state index contributed by atoms with van der Waals surface area (Å²) >= 11 is 5.99. The van der Waals surface area contributed by atoms with Crippen LogP contribution >= 0.6 is 11.6 Å². The van der Waals surface area contributed by atoms with E-state index in [4.69, 9.17) is 11.6 Å². The lowest BCUT2D eigenvalue weighted by Crippen LogP contribution is -2.39. The largest absolute Gasteiger partial charge is 0.356 e. The first kappa shape index (κ1) is 15.0. The molecule has 1 fully saturated rings. The molecule has 0 unspecified atom stereocenters. The summed E-state index contributed by atoms with van der Waals surface area (Å²) in [5, 5.41) is 11.6. The van der Waals surface area contributed by atoms with Crippen LogP contribution in [0, 0.1) is 19.8 Å². The second-order valence-electron chi connectivity index (χ2n) is 5.43. The molecule has 0 aliphatic carbocycles. The minimum Gasteiger partial charge on any atom is -0.356 e. The van der Waals surface area contributed by atoms with Gasteiger partial charge in [0.15, 0.2) is 11.0 Å². The van der Waals surface area contributed by atoms with E-state index in [-0.39, 0.29) is 5.91 Å². The summed E-state index contributed by atoms with van der Waals surface area (Å²) < 4.78 is 0. The number of nitrogens with one attached hydrogen (secondary N) is 1. The van der Waals surface area contributed by atoms with Gasteiger partial charge < -0.3 is 10.2 Å². The Hall–Kier alpha value is -1.36. The highest BCUT2D eigenvalue weighted by Crippen LogP contribution is 2.27. The molecule has 1 saturated heterocycles. The Morgan fingerprint density at radius 1 is 1.30 bits per heavy atom. The molecule has 1 aromatic rings. The molecule has 6 heteroatoms. The normalized spacial score (nSPS) is 16.3. The van der Waals surface area contributed by atoms with Crippen LogP contribution < -0.4 is 10.2 Å². The van der Waals surface area contributed by atoms with Crippen LogP contribution in [0.4, 0.5) is 5.82 Å². The Balaban J connectivity index is 1.97. The number of hydrogen-bond donors (Lipinski definition) is 1. The SMILES string of the molecule is CC(=O)NCC1CCN(c2nnc(Cl)c(C)c2C)CC1. The van der Waals surface area contributed by atoms with Crippen LogP contribution in [-0.2, 0) is 4.79 Å². The van der Waals surface area contributed by atoms with Crippen molar-refractivity contribution in [3.05, 3.63) is 16.3 Å². The third-order valence-corrected chi connectivity index (χ3v) is 4.35. The zero-order valence-electron chi connectivity index (χ0n) is 12.2. The zero-order chi connectivity index (χ0) is 14.7. The van der Waals surface area contributed by atoms with Gasteiger partial charge in [0.1, 0.15) is 0 Å². The number of anilines is 1. The van der Waals surface area contributed by atoms with Crippen molar-refractivity contribution >= 4 is 23.3 Å². The third kappa shape index (κ3) is 3.39. The first-order chi connectivity index (χ1) is 9.49. The van der Waals surface area contributed by atoms with Crippen molar-refractivity contribution < 1.29 is 4.79 Å². The van der Waals surface area contributed by atoms with E-state index in [9.17, 15) is 4.79 Å². The highest BCUT2D eigenvalue weighted by atomic mass is 35.5. The van der Waals surface area contributed by atoms with E-state index >= 15 is 0 Å². The fourth-order valence-electron chi connectivity index (χ4n) is 2.50. The lowest BCUT2D eigenvalue weighted by molar-refractivity contribution is -0.119. The lowest BCUT2D eigenvalue weighted by Gasteiger charge is -2.33. The highest BCUT2D eigenvalue weighted by Gasteiger charge is 2.22. The molecular formula is C14H21ClN4O. The number of hydrogen-bond acceptors (Lipinski definition) is 4. The van der Waals surface area contributed by atoms with Gasteiger partial charge in [-0.1, -0.05) is 11.6 Å². The van der Waals surface area contributed by atoms with E-state index < -0.39 is 0 Å². The monoisotopic (exact) mass is 296 g/mol. The molecular weight excluding hydrogens is 276 g/mol. The van der Waals surface area contributed by atoms with Crippen LogP contribution in [0.25, 0.3) is 0 Å². The van der Waals surface area contributed by atoms with Gasteiger partial charge in [-0.25, -0.2) is 0 Å². The molecule has 0 atom stereocenters. The Morgan fingerprint density at radius 3 is 2.55 bits per heavy atom. The van der Waals surface area contributed by atoms with E-state index in [1.165, 1.54) is 0 Å². The van der Waals surface area contributed by atoms with Crippen LogP contribution in [0.1, 0.15) is 30.9 Å². The Labute approximate surface area is 124 Å².